The van der Waals surface area contributed by atoms with E-state index in [-0.39, 0.29) is 17.9 Å². The van der Waals surface area contributed by atoms with Crippen molar-refractivity contribution in [2.24, 2.45) is 0 Å². The van der Waals surface area contributed by atoms with E-state index in [9.17, 15) is 18.8 Å². The molecule has 0 saturated heterocycles. The number of nitrogens with zero attached hydrogens (tertiary/aromatic N) is 1. The summed E-state index contributed by atoms with van der Waals surface area (Å²) in [5.74, 6) is -1.83. The summed E-state index contributed by atoms with van der Waals surface area (Å²) in [5, 5.41) is 0. The number of carbonyl (C=O) groups is 3. The summed E-state index contributed by atoms with van der Waals surface area (Å²) < 4.78 is 18.3. The Labute approximate surface area is 156 Å². The van der Waals surface area contributed by atoms with Gasteiger partial charge in [-0.2, -0.15) is 0 Å². The van der Waals surface area contributed by atoms with Gasteiger partial charge in [-0.25, -0.2) is 4.39 Å². The van der Waals surface area contributed by atoms with Crippen LogP contribution in [0.3, 0.4) is 0 Å². The Morgan fingerprint density at radius 1 is 1.11 bits per heavy atom. The number of halogens is 1. The van der Waals surface area contributed by atoms with E-state index in [1.54, 1.807) is 6.20 Å². The van der Waals surface area contributed by atoms with Crippen molar-refractivity contribution in [2.45, 2.75) is 19.4 Å². The van der Waals surface area contributed by atoms with Gasteiger partial charge in [0.2, 0.25) is 5.91 Å². The van der Waals surface area contributed by atoms with E-state index in [0.29, 0.717) is 0 Å². The summed E-state index contributed by atoms with van der Waals surface area (Å²) in [4.78, 5) is 37.7. The first-order valence-corrected chi connectivity index (χ1v) is 8.46. The molecular formula is C21H18FNO4. The van der Waals surface area contributed by atoms with Crippen molar-refractivity contribution in [3.8, 4) is 0 Å². The second kappa shape index (κ2) is 7.95. The van der Waals surface area contributed by atoms with E-state index in [0.717, 1.165) is 17.2 Å². The van der Waals surface area contributed by atoms with Crippen LogP contribution in [0.4, 0.5) is 4.39 Å². The molecular weight excluding hydrogens is 349 g/mol. The molecule has 1 heterocycles. The fourth-order valence-corrected chi connectivity index (χ4v) is 3.02. The van der Waals surface area contributed by atoms with E-state index in [1.165, 1.54) is 30.0 Å². The molecule has 0 aliphatic carbocycles. The van der Waals surface area contributed by atoms with E-state index < -0.39 is 30.2 Å². The summed E-state index contributed by atoms with van der Waals surface area (Å²) in [6.07, 6.45) is 3.36. The molecule has 1 aliphatic rings. The minimum Gasteiger partial charge on any atom is -0.457 e. The topological polar surface area (TPSA) is 63.7 Å². The van der Waals surface area contributed by atoms with E-state index in [2.05, 4.69) is 0 Å². The third kappa shape index (κ3) is 4.28. The predicted molar refractivity (Wildman–Crippen MR) is 97.0 cm³/mol. The van der Waals surface area contributed by atoms with Gasteiger partial charge in [-0.3, -0.25) is 14.4 Å². The molecule has 5 nitrogen and oxygen atoms in total. The number of esters is 1. The molecule has 0 unspecified atom stereocenters. The molecule has 6 heteroatoms. The highest BCUT2D eigenvalue weighted by Crippen LogP contribution is 2.33. The van der Waals surface area contributed by atoms with Crippen LogP contribution in [0.25, 0.3) is 6.08 Å². The number of rotatable bonds is 5. The summed E-state index contributed by atoms with van der Waals surface area (Å²) >= 11 is 0. The van der Waals surface area contributed by atoms with Gasteiger partial charge in [-0.05, 0) is 29.3 Å². The normalized spacial score (nSPS) is 15.2. The Morgan fingerprint density at radius 3 is 2.63 bits per heavy atom. The first kappa shape index (κ1) is 18.5. The van der Waals surface area contributed by atoms with Crippen molar-refractivity contribution in [1.82, 2.24) is 4.90 Å². The fourth-order valence-electron chi connectivity index (χ4n) is 3.02. The van der Waals surface area contributed by atoms with Gasteiger partial charge in [0.1, 0.15) is 5.82 Å². The monoisotopic (exact) mass is 367 g/mol. The Hall–Kier alpha value is -3.28. The highest BCUT2D eigenvalue weighted by Gasteiger charge is 2.29. The van der Waals surface area contributed by atoms with Crippen molar-refractivity contribution < 1.29 is 23.5 Å². The van der Waals surface area contributed by atoms with Crippen LogP contribution in [-0.2, 0) is 14.3 Å². The molecule has 27 heavy (non-hydrogen) atoms. The smallest absolute Gasteiger partial charge is 0.308 e. The molecule has 1 amide bonds. The lowest BCUT2D eigenvalue weighted by molar-refractivity contribution is -0.144. The van der Waals surface area contributed by atoms with Crippen LogP contribution < -0.4 is 0 Å². The number of ether oxygens (including phenoxy) is 1. The van der Waals surface area contributed by atoms with Gasteiger partial charge in [0.05, 0.1) is 12.5 Å². The van der Waals surface area contributed by atoms with Gasteiger partial charge in [-0.15, -0.1) is 0 Å². The molecule has 0 fully saturated rings. The molecule has 0 spiro atoms. The van der Waals surface area contributed by atoms with Crippen molar-refractivity contribution in [1.29, 1.82) is 0 Å². The molecule has 3 rings (SSSR count). The molecule has 2 aromatic rings. The molecule has 0 aromatic heterocycles. The van der Waals surface area contributed by atoms with Crippen molar-refractivity contribution in [2.75, 3.05) is 6.61 Å². The van der Waals surface area contributed by atoms with E-state index in [4.69, 9.17) is 4.74 Å². The fraction of sp³-hybridized carbons (Fsp3) is 0.190. The summed E-state index contributed by atoms with van der Waals surface area (Å²) in [6.45, 7) is 0.941. The number of fused-ring (bicyclic) bond motifs is 1. The third-order valence-electron chi connectivity index (χ3n) is 4.34. The van der Waals surface area contributed by atoms with Gasteiger partial charge in [-0.1, -0.05) is 36.4 Å². The molecule has 1 atom stereocenters. The lowest BCUT2D eigenvalue weighted by Crippen LogP contribution is -2.32. The van der Waals surface area contributed by atoms with Crippen LogP contribution in [0.15, 0.2) is 54.7 Å². The molecule has 0 radical (unpaired) electrons. The largest absolute Gasteiger partial charge is 0.457 e. The molecule has 2 aromatic carbocycles. The summed E-state index contributed by atoms with van der Waals surface area (Å²) in [5.41, 5.74) is 1.89. The van der Waals surface area contributed by atoms with Crippen LogP contribution in [0, 0.1) is 5.82 Å². The zero-order valence-electron chi connectivity index (χ0n) is 14.7. The van der Waals surface area contributed by atoms with Gasteiger partial charge in [0.15, 0.2) is 12.4 Å². The van der Waals surface area contributed by atoms with Crippen molar-refractivity contribution >= 4 is 23.7 Å². The summed E-state index contributed by atoms with van der Waals surface area (Å²) in [6, 6.07) is 12.2. The maximum Gasteiger partial charge on any atom is 0.308 e. The number of benzene rings is 2. The predicted octanol–water partition coefficient (Wildman–Crippen LogP) is 3.52. The van der Waals surface area contributed by atoms with Gasteiger partial charge < -0.3 is 9.64 Å². The first-order valence-electron chi connectivity index (χ1n) is 8.46. The minimum atomic E-state index is -0.610. The van der Waals surface area contributed by atoms with E-state index >= 15 is 0 Å². The number of Topliss-reactive ketones (excluding diaryl/α,β-unsaturated/α-hetero) is 1. The molecule has 0 N–H and O–H groups in total. The van der Waals surface area contributed by atoms with Crippen LogP contribution >= 0.6 is 0 Å². The average Bonchev–Trinajstić information content (AvgIpc) is 2.66. The lowest BCUT2D eigenvalue weighted by Gasteiger charge is -2.32. The molecule has 0 bridgehead atoms. The first-order chi connectivity index (χ1) is 13.0. The Kier molecular flexibility index (Phi) is 5.45. The number of ketones is 1. The van der Waals surface area contributed by atoms with Crippen LogP contribution in [-0.4, -0.2) is 29.2 Å². The van der Waals surface area contributed by atoms with Crippen LogP contribution in [0.5, 0.6) is 0 Å². The Balaban J connectivity index is 1.68. The maximum absolute atomic E-state index is 13.2. The van der Waals surface area contributed by atoms with Crippen LogP contribution in [0.1, 0.15) is 40.9 Å². The SMILES string of the molecule is CC(=O)N1C=Cc2ccccc2[C@H]1CC(=O)OCC(=O)c1cccc(F)c1. The highest BCUT2D eigenvalue weighted by atomic mass is 19.1. The van der Waals surface area contributed by atoms with E-state index in [1.807, 2.05) is 30.3 Å². The summed E-state index contributed by atoms with van der Waals surface area (Å²) in [7, 11) is 0. The maximum atomic E-state index is 13.2. The quantitative estimate of drug-likeness (QED) is 0.599. The molecule has 138 valence electrons. The zero-order chi connectivity index (χ0) is 19.4. The van der Waals surface area contributed by atoms with Crippen LogP contribution in [0.2, 0.25) is 0 Å². The van der Waals surface area contributed by atoms with Gasteiger partial charge in [0.25, 0.3) is 0 Å². The Bertz CT molecular complexity index is 922. The number of hydrogen-bond donors (Lipinski definition) is 0. The van der Waals surface area contributed by atoms with Crippen molar-refractivity contribution in [3.63, 3.8) is 0 Å². The molecule has 1 aliphatic heterocycles. The zero-order valence-corrected chi connectivity index (χ0v) is 14.7. The van der Waals surface area contributed by atoms with Gasteiger partial charge >= 0.3 is 5.97 Å². The minimum absolute atomic E-state index is 0.0859. The lowest BCUT2D eigenvalue weighted by atomic mass is 9.94. The average molecular weight is 367 g/mol. The highest BCUT2D eigenvalue weighted by molar-refractivity contribution is 5.98. The Morgan fingerprint density at radius 2 is 1.89 bits per heavy atom. The second-order valence-corrected chi connectivity index (χ2v) is 6.19. The van der Waals surface area contributed by atoms with Gasteiger partial charge in [0, 0.05) is 18.7 Å². The second-order valence-electron chi connectivity index (χ2n) is 6.19. The number of carbonyl (C=O) groups excluding carboxylic acids is 3. The number of hydrogen-bond acceptors (Lipinski definition) is 4. The standard InChI is InChI=1S/C21H18FNO4/c1-14(24)23-10-9-15-5-2-3-8-18(15)19(23)12-21(26)27-13-20(25)16-6-4-7-17(22)11-16/h2-11,19H,12-13H2,1H3/t19-/m1/s1. The third-order valence-corrected chi connectivity index (χ3v) is 4.34. The van der Waals surface area contributed by atoms with Crippen molar-refractivity contribution in [3.05, 3.63) is 77.2 Å². The number of amides is 1. The molecule has 0 saturated carbocycles.